The maximum atomic E-state index is 13.7. The van der Waals surface area contributed by atoms with Crippen LogP contribution in [0.1, 0.15) is 26.0 Å². The van der Waals surface area contributed by atoms with Crippen LogP contribution in [0.25, 0.3) is 0 Å². The second kappa shape index (κ2) is 4.06. The third-order valence-electron chi connectivity index (χ3n) is 2.74. The van der Waals surface area contributed by atoms with Crippen molar-refractivity contribution in [1.29, 1.82) is 0 Å². The van der Waals surface area contributed by atoms with Crippen LogP contribution >= 0.6 is 0 Å². The Morgan fingerprint density at radius 2 is 2.41 bits per heavy atom. The molecule has 1 aromatic rings. The molecule has 0 amide bonds. The number of nitrogens with two attached hydrogens (primary N) is 1. The van der Waals surface area contributed by atoms with Gasteiger partial charge >= 0.3 is 5.69 Å². The van der Waals surface area contributed by atoms with E-state index in [1.807, 2.05) is 0 Å². The fourth-order valence-electron chi connectivity index (χ4n) is 1.85. The van der Waals surface area contributed by atoms with Crippen molar-refractivity contribution in [3.05, 3.63) is 22.7 Å². The van der Waals surface area contributed by atoms with Gasteiger partial charge in [-0.15, -0.1) is 0 Å². The van der Waals surface area contributed by atoms with Gasteiger partial charge in [-0.1, -0.05) is 6.92 Å². The molecule has 0 saturated carbocycles. The lowest BCUT2D eigenvalue weighted by Gasteiger charge is -2.19. The smallest absolute Gasteiger partial charge is 0.351 e. The Kier molecular flexibility index (Phi) is 2.86. The minimum Gasteiger partial charge on any atom is -0.383 e. The lowest BCUT2D eigenvalue weighted by Crippen LogP contribution is -2.35. The quantitative estimate of drug-likeness (QED) is 0.848. The molecule has 0 aromatic carbocycles. The molecular formula is C10H13F2N3O2. The minimum absolute atomic E-state index is 0.000366. The highest BCUT2D eigenvalue weighted by Gasteiger charge is 2.51. The Balaban J connectivity index is 2.37. The van der Waals surface area contributed by atoms with Crippen LogP contribution in [0.3, 0.4) is 0 Å². The summed E-state index contributed by atoms with van der Waals surface area (Å²) < 4.78 is 33.3. The monoisotopic (exact) mass is 245 g/mol. The number of alkyl halides is 2. The van der Waals surface area contributed by atoms with Crippen LogP contribution in [-0.2, 0) is 4.74 Å². The first-order valence-electron chi connectivity index (χ1n) is 5.32. The first-order valence-corrected chi connectivity index (χ1v) is 5.32. The van der Waals surface area contributed by atoms with E-state index in [2.05, 4.69) is 4.98 Å². The van der Waals surface area contributed by atoms with Gasteiger partial charge in [-0.2, -0.15) is 4.98 Å². The molecule has 1 fully saturated rings. The largest absolute Gasteiger partial charge is 0.383 e. The van der Waals surface area contributed by atoms with Crippen LogP contribution in [-0.4, -0.2) is 21.6 Å². The van der Waals surface area contributed by atoms with E-state index in [1.54, 1.807) is 6.92 Å². The van der Waals surface area contributed by atoms with Gasteiger partial charge in [-0.05, 0) is 12.5 Å². The van der Waals surface area contributed by atoms with Gasteiger partial charge < -0.3 is 10.5 Å². The number of nitrogen functional groups attached to an aromatic ring is 1. The van der Waals surface area contributed by atoms with Crippen molar-refractivity contribution in [2.45, 2.75) is 38.0 Å². The van der Waals surface area contributed by atoms with E-state index < -0.39 is 23.9 Å². The van der Waals surface area contributed by atoms with E-state index in [4.69, 9.17) is 10.5 Å². The van der Waals surface area contributed by atoms with Gasteiger partial charge in [0.05, 0.1) is 6.10 Å². The van der Waals surface area contributed by atoms with E-state index in [1.165, 1.54) is 12.3 Å². The standard InChI is InChI=1S/C10H13F2N3O2/c1-2-6-5-10(11,12)8(17-6)15-4-3-7(13)14-9(15)16/h3-4,6,8H,2,5H2,1H3,(H2,13,14,16). The molecule has 0 radical (unpaired) electrons. The van der Waals surface area contributed by atoms with E-state index >= 15 is 0 Å². The molecule has 2 unspecified atom stereocenters. The molecule has 94 valence electrons. The van der Waals surface area contributed by atoms with Gasteiger partial charge in [0.1, 0.15) is 5.82 Å². The molecule has 0 spiro atoms. The fraction of sp³-hybridized carbons (Fsp3) is 0.600. The summed E-state index contributed by atoms with van der Waals surface area (Å²) in [6.07, 6.45) is -0.859. The minimum atomic E-state index is -3.07. The Morgan fingerprint density at radius 1 is 1.71 bits per heavy atom. The maximum absolute atomic E-state index is 13.7. The molecule has 1 aliphatic heterocycles. The summed E-state index contributed by atoms with van der Waals surface area (Å²) in [6, 6.07) is 1.29. The number of aromatic nitrogens is 2. The molecule has 0 bridgehead atoms. The van der Waals surface area contributed by atoms with Gasteiger partial charge in [-0.25, -0.2) is 13.6 Å². The number of nitrogens with zero attached hydrogens (tertiary/aromatic N) is 2. The van der Waals surface area contributed by atoms with Crippen molar-refractivity contribution in [2.24, 2.45) is 0 Å². The highest BCUT2D eigenvalue weighted by Crippen LogP contribution is 2.42. The average molecular weight is 245 g/mol. The second-order valence-corrected chi connectivity index (χ2v) is 4.03. The summed E-state index contributed by atoms with van der Waals surface area (Å²) in [5.74, 6) is -3.07. The molecule has 1 aliphatic rings. The van der Waals surface area contributed by atoms with Crippen molar-refractivity contribution >= 4 is 5.82 Å². The third kappa shape index (κ3) is 2.14. The van der Waals surface area contributed by atoms with Gasteiger partial charge in [0.25, 0.3) is 5.92 Å². The Labute approximate surface area is 96.2 Å². The van der Waals surface area contributed by atoms with Gasteiger partial charge in [0, 0.05) is 12.6 Å². The van der Waals surface area contributed by atoms with Crippen molar-refractivity contribution < 1.29 is 13.5 Å². The van der Waals surface area contributed by atoms with Gasteiger partial charge in [0.15, 0.2) is 0 Å². The third-order valence-corrected chi connectivity index (χ3v) is 2.74. The highest BCUT2D eigenvalue weighted by atomic mass is 19.3. The summed E-state index contributed by atoms with van der Waals surface area (Å²) in [5.41, 5.74) is 4.47. The molecule has 2 rings (SSSR count). The van der Waals surface area contributed by atoms with Gasteiger partial charge in [0.2, 0.25) is 6.23 Å². The van der Waals surface area contributed by atoms with Crippen molar-refractivity contribution in [3.63, 3.8) is 0 Å². The zero-order valence-electron chi connectivity index (χ0n) is 9.27. The molecule has 2 atom stereocenters. The van der Waals surface area contributed by atoms with Crippen LogP contribution < -0.4 is 11.4 Å². The first-order chi connectivity index (χ1) is 7.94. The summed E-state index contributed by atoms with van der Waals surface area (Å²) in [5, 5.41) is 0. The second-order valence-electron chi connectivity index (χ2n) is 4.03. The lowest BCUT2D eigenvalue weighted by atomic mass is 10.1. The molecule has 2 N–H and O–H groups in total. The molecule has 0 aliphatic carbocycles. The number of anilines is 1. The SMILES string of the molecule is CCC1CC(F)(F)C(n2ccc(N)nc2=O)O1. The van der Waals surface area contributed by atoms with E-state index in [9.17, 15) is 13.6 Å². The van der Waals surface area contributed by atoms with Crippen molar-refractivity contribution in [1.82, 2.24) is 9.55 Å². The Morgan fingerprint density at radius 3 is 2.94 bits per heavy atom. The predicted molar refractivity (Wildman–Crippen MR) is 56.7 cm³/mol. The van der Waals surface area contributed by atoms with Crippen molar-refractivity contribution in [3.8, 4) is 0 Å². The maximum Gasteiger partial charge on any atom is 0.351 e. The highest BCUT2D eigenvalue weighted by molar-refractivity contribution is 5.23. The van der Waals surface area contributed by atoms with Gasteiger partial charge in [-0.3, -0.25) is 4.57 Å². The Bertz CT molecular complexity index is 475. The fourth-order valence-corrected chi connectivity index (χ4v) is 1.85. The number of hydrogen-bond donors (Lipinski definition) is 1. The molecule has 7 heteroatoms. The molecule has 5 nitrogen and oxygen atoms in total. The lowest BCUT2D eigenvalue weighted by molar-refractivity contribution is -0.117. The zero-order chi connectivity index (χ0) is 12.6. The molecule has 1 aromatic heterocycles. The van der Waals surface area contributed by atoms with Crippen LogP contribution in [0.5, 0.6) is 0 Å². The predicted octanol–water partition coefficient (Wildman–Crippen LogP) is 1.16. The topological polar surface area (TPSA) is 70.1 Å². The summed E-state index contributed by atoms with van der Waals surface area (Å²) in [4.78, 5) is 14.9. The van der Waals surface area contributed by atoms with Crippen LogP contribution in [0, 0.1) is 0 Å². The van der Waals surface area contributed by atoms with E-state index in [0.717, 1.165) is 4.57 Å². The summed E-state index contributed by atoms with van der Waals surface area (Å²) >= 11 is 0. The number of hydrogen-bond acceptors (Lipinski definition) is 4. The molecule has 17 heavy (non-hydrogen) atoms. The van der Waals surface area contributed by atoms with Crippen molar-refractivity contribution in [2.75, 3.05) is 5.73 Å². The molecule has 2 heterocycles. The first kappa shape index (κ1) is 12.0. The van der Waals surface area contributed by atoms with E-state index in [-0.39, 0.29) is 12.2 Å². The van der Waals surface area contributed by atoms with Crippen LogP contribution in [0.4, 0.5) is 14.6 Å². The Hall–Kier alpha value is -1.50. The number of rotatable bonds is 2. The molecule has 1 saturated heterocycles. The number of halogens is 2. The average Bonchev–Trinajstić information content (AvgIpc) is 2.54. The normalized spacial score (nSPS) is 27.2. The molecular weight excluding hydrogens is 232 g/mol. The number of ether oxygens (including phenoxy) is 1. The van der Waals surface area contributed by atoms with Crippen LogP contribution in [0.15, 0.2) is 17.1 Å². The zero-order valence-corrected chi connectivity index (χ0v) is 9.27. The summed E-state index contributed by atoms with van der Waals surface area (Å²) in [7, 11) is 0. The van der Waals surface area contributed by atoms with E-state index in [0.29, 0.717) is 6.42 Å². The van der Waals surface area contributed by atoms with Crippen LogP contribution in [0.2, 0.25) is 0 Å². The summed E-state index contributed by atoms with van der Waals surface area (Å²) in [6.45, 7) is 1.76.